The van der Waals surface area contributed by atoms with Gasteiger partial charge >= 0.3 is 5.97 Å². The number of rotatable bonds is 5. The van der Waals surface area contributed by atoms with E-state index in [9.17, 15) is 9.59 Å². The van der Waals surface area contributed by atoms with Gasteiger partial charge in [0.05, 0.1) is 5.56 Å². The Morgan fingerprint density at radius 1 is 1.00 bits per heavy atom. The number of hydrogen-bond donors (Lipinski definition) is 1. The van der Waals surface area contributed by atoms with Crippen LogP contribution in [0.15, 0.2) is 54.6 Å². The molecule has 1 amide bonds. The summed E-state index contributed by atoms with van der Waals surface area (Å²) in [5.41, 5.74) is 2.26. The van der Waals surface area contributed by atoms with Crippen LogP contribution in [0.2, 0.25) is 0 Å². The van der Waals surface area contributed by atoms with Crippen molar-refractivity contribution in [2.24, 2.45) is 0 Å². The standard InChI is InChI=1S/C18H19NO3/c1-13(2)14-8-10-15(11-9-14)18(21)22-12-17(20)19-16-6-4-3-5-7-16/h3-11,13H,12H2,1-2H3,(H,19,20). The fraction of sp³-hybridized carbons (Fsp3) is 0.222. The topological polar surface area (TPSA) is 55.4 Å². The van der Waals surface area contributed by atoms with E-state index < -0.39 is 5.97 Å². The molecule has 2 rings (SSSR count). The number of esters is 1. The Bertz CT molecular complexity index is 633. The van der Waals surface area contributed by atoms with E-state index in [-0.39, 0.29) is 12.5 Å². The van der Waals surface area contributed by atoms with Gasteiger partial charge in [0.1, 0.15) is 0 Å². The molecule has 0 radical (unpaired) electrons. The van der Waals surface area contributed by atoms with Gasteiger partial charge in [-0.15, -0.1) is 0 Å². The van der Waals surface area contributed by atoms with Crippen LogP contribution in [-0.2, 0) is 9.53 Å². The summed E-state index contributed by atoms with van der Waals surface area (Å²) < 4.78 is 5.01. The minimum Gasteiger partial charge on any atom is -0.452 e. The molecule has 0 fully saturated rings. The lowest BCUT2D eigenvalue weighted by atomic mass is 10.0. The smallest absolute Gasteiger partial charge is 0.338 e. The molecule has 0 heterocycles. The van der Waals surface area contributed by atoms with Crippen LogP contribution < -0.4 is 5.32 Å². The number of anilines is 1. The van der Waals surface area contributed by atoms with Crippen molar-refractivity contribution in [3.05, 3.63) is 65.7 Å². The number of amides is 1. The normalized spacial score (nSPS) is 10.3. The van der Waals surface area contributed by atoms with Gasteiger partial charge in [0.15, 0.2) is 6.61 Å². The van der Waals surface area contributed by atoms with Crippen LogP contribution in [0.1, 0.15) is 35.7 Å². The largest absolute Gasteiger partial charge is 0.452 e. The van der Waals surface area contributed by atoms with E-state index in [1.165, 1.54) is 0 Å². The Kier molecular flexibility index (Phi) is 5.31. The average Bonchev–Trinajstić information content (AvgIpc) is 2.53. The average molecular weight is 297 g/mol. The summed E-state index contributed by atoms with van der Waals surface area (Å²) in [7, 11) is 0. The third kappa shape index (κ3) is 4.45. The van der Waals surface area contributed by atoms with E-state index in [4.69, 9.17) is 4.74 Å². The summed E-state index contributed by atoms with van der Waals surface area (Å²) in [5.74, 6) is -0.460. The van der Waals surface area contributed by atoms with Crippen LogP contribution in [0.3, 0.4) is 0 Å². The minimum atomic E-state index is -0.501. The van der Waals surface area contributed by atoms with Crippen LogP contribution in [0.5, 0.6) is 0 Å². The van der Waals surface area contributed by atoms with Crippen molar-refractivity contribution in [3.63, 3.8) is 0 Å². The summed E-state index contributed by atoms with van der Waals surface area (Å²) in [6, 6.07) is 16.2. The molecular formula is C18H19NO3. The molecule has 4 nitrogen and oxygen atoms in total. The van der Waals surface area contributed by atoms with E-state index in [2.05, 4.69) is 19.2 Å². The quantitative estimate of drug-likeness (QED) is 0.858. The molecule has 0 aliphatic carbocycles. The van der Waals surface area contributed by atoms with Crippen LogP contribution in [0.4, 0.5) is 5.69 Å². The van der Waals surface area contributed by atoms with Crippen molar-refractivity contribution in [3.8, 4) is 0 Å². The third-order valence-corrected chi connectivity index (χ3v) is 3.20. The minimum absolute atomic E-state index is 0.306. The second kappa shape index (κ2) is 7.41. The lowest BCUT2D eigenvalue weighted by Crippen LogP contribution is -2.20. The molecule has 22 heavy (non-hydrogen) atoms. The molecule has 0 bridgehead atoms. The number of para-hydroxylation sites is 1. The molecule has 4 heteroatoms. The van der Waals surface area contributed by atoms with Gasteiger partial charge in [0.25, 0.3) is 5.91 Å². The molecule has 2 aromatic rings. The predicted molar refractivity (Wildman–Crippen MR) is 85.9 cm³/mol. The van der Waals surface area contributed by atoms with E-state index in [1.807, 2.05) is 30.3 Å². The Labute approximate surface area is 130 Å². The zero-order valence-electron chi connectivity index (χ0n) is 12.7. The summed E-state index contributed by atoms with van der Waals surface area (Å²) in [5, 5.41) is 2.66. The maximum atomic E-state index is 11.9. The molecule has 0 saturated heterocycles. The van der Waals surface area contributed by atoms with Crippen molar-refractivity contribution in [2.45, 2.75) is 19.8 Å². The molecule has 114 valence electrons. The van der Waals surface area contributed by atoms with Crippen molar-refractivity contribution < 1.29 is 14.3 Å². The second-order valence-electron chi connectivity index (χ2n) is 5.27. The van der Waals surface area contributed by atoms with Gasteiger partial charge in [-0.1, -0.05) is 44.2 Å². The molecule has 0 atom stereocenters. The molecule has 0 aliphatic heterocycles. The molecule has 2 aromatic carbocycles. The summed E-state index contributed by atoms with van der Waals surface area (Å²) in [4.78, 5) is 23.6. The van der Waals surface area contributed by atoms with Crippen LogP contribution >= 0.6 is 0 Å². The Hall–Kier alpha value is -2.62. The van der Waals surface area contributed by atoms with Crippen molar-refractivity contribution >= 4 is 17.6 Å². The first kappa shape index (κ1) is 15.8. The zero-order valence-corrected chi connectivity index (χ0v) is 12.7. The number of carbonyl (C=O) groups excluding carboxylic acids is 2. The van der Waals surface area contributed by atoms with Gasteiger partial charge in [0, 0.05) is 5.69 Å². The lowest BCUT2D eigenvalue weighted by molar-refractivity contribution is -0.119. The van der Waals surface area contributed by atoms with Gasteiger partial charge in [-0.3, -0.25) is 4.79 Å². The van der Waals surface area contributed by atoms with Gasteiger partial charge in [0.2, 0.25) is 0 Å². The SMILES string of the molecule is CC(C)c1ccc(C(=O)OCC(=O)Nc2ccccc2)cc1. The van der Waals surface area contributed by atoms with Crippen molar-refractivity contribution in [1.82, 2.24) is 0 Å². The van der Waals surface area contributed by atoms with Crippen LogP contribution in [0, 0.1) is 0 Å². The van der Waals surface area contributed by atoms with Crippen LogP contribution in [0.25, 0.3) is 0 Å². The van der Waals surface area contributed by atoms with Gasteiger partial charge < -0.3 is 10.1 Å². The van der Waals surface area contributed by atoms with E-state index in [1.54, 1.807) is 24.3 Å². The first-order valence-corrected chi connectivity index (χ1v) is 7.18. The Morgan fingerprint density at radius 2 is 1.64 bits per heavy atom. The Balaban J connectivity index is 1.85. The number of benzene rings is 2. The molecule has 1 N–H and O–H groups in total. The highest BCUT2D eigenvalue weighted by Gasteiger charge is 2.10. The van der Waals surface area contributed by atoms with Gasteiger partial charge in [-0.05, 0) is 35.7 Å². The maximum absolute atomic E-state index is 11.9. The molecule has 0 spiro atoms. The van der Waals surface area contributed by atoms with Crippen molar-refractivity contribution in [2.75, 3.05) is 11.9 Å². The fourth-order valence-electron chi connectivity index (χ4n) is 1.94. The van der Waals surface area contributed by atoms with Crippen LogP contribution in [-0.4, -0.2) is 18.5 Å². The molecular weight excluding hydrogens is 278 g/mol. The fourth-order valence-corrected chi connectivity index (χ4v) is 1.94. The molecule has 0 saturated carbocycles. The first-order valence-electron chi connectivity index (χ1n) is 7.18. The van der Waals surface area contributed by atoms with Gasteiger partial charge in [-0.2, -0.15) is 0 Å². The second-order valence-corrected chi connectivity index (χ2v) is 5.27. The monoisotopic (exact) mass is 297 g/mol. The summed E-state index contributed by atoms with van der Waals surface area (Å²) in [6.07, 6.45) is 0. The third-order valence-electron chi connectivity index (χ3n) is 3.20. The van der Waals surface area contributed by atoms with Gasteiger partial charge in [-0.25, -0.2) is 4.79 Å². The maximum Gasteiger partial charge on any atom is 0.338 e. The highest BCUT2D eigenvalue weighted by molar-refractivity contribution is 5.95. The first-order chi connectivity index (χ1) is 10.6. The number of hydrogen-bond acceptors (Lipinski definition) is 3. The van der Waals surface area contributed by atoms with E-state index >= 15 is 0 Å². The number of ether oxygens (including phenoxy) is 1. The van der Waals surface area contributed by atoms with E-state index in [0.29, 0.717) is 17.2 Å². The highest BCUT2D eigenvalue weighted by atomic mass is 16.5. The lowest BCUT2D eigenvalue weighted by Gasteiger charge is -2.08. The predicted octanol–water partition coefficient (Wildman–Crippen LogP) is 3.61. The summed E-state index contributed by atoms with van der Waals surface area (Å²) >= 11 is 0. The molecule has 0 unspecified atom stereocenters. The Morgan fingerprint density at radius 3 is 2.23 bits per heavy atom. The number of carbonyl (C=O) groups is 2. The van der Waals surface area contributed by atoms with E-state index in [0.717, 1.165) is 5.56 Å². The molecule has 0 aromatic heterocycles. The summed E-state index contributed by atoms with van der Waals surface area (Å²) in [6.45, 7) is 3.86. The zero-order chi connectivity index (χ0) is 15.9. The van der Waals surface area contributed by atoms with Crippen molar-refractivity contribution in [1.29, 1.82) is 0 Å². The number of nitrogens with one attached hydrogen (secondary N) is 1. The highest BCUT2D eigenvalue weighted by Crippen LogP contribution is 2.15. The molecule has 0 aliphatic rings.